The van der Waals surface area contributed by atoms with Crippen LogP contribution in [0.1, 0.15) is 65.4 Å². The van der Waals surface area contributed by atoms with E-state index in [0.717, 1.165) is 37.7 Å². The molecule has 0 spiro atoms. The number of rotatable bonds is 4. The summed E-state index contributed by atoms with van der Waals surface area (Å²) in [5.74, 6) is 0.402. The number of carbonyl (C=O) groups is 1. The fourth-order valence-corrected chi connectivity index (χ4v) is 5.62. The third-order valence-electron chi connectivity index (χ3n) is 6.97. The lowest BCUT2D eigenvalue weighted by molar-refractivity contribution is -0.201. The first kappa shape index (κ1) is 20.1. The summed E-state index contributed by atoms with van der Waals surface area (Å²) in [6, 6.07) is 9.78. The van der Waals surface area contributed by atoms with Gasteiger partial charge in [0.05, 0.1) is 5.60 Å². The van der Waals surface area contributed by atoms with Gasteiger partial charge in [0, 0.05) is 12.0 Å². The highest BCUT2D eigenvalue weighted by atomic mass is 16.5. The molecular weight excluding hydrogens is 336 g/mol. The van der Waals surface area contributed by atoms with Gasteiger partial charge in [0.1, 0.15) is 6.10 Å². The Bertz CT molecular complexity index is 676. The van der Waals surface area contributed by atoms with Crippen LogP contribution < -0.4 is 0 Å². The van der Waals surface area contributed by atoms with Crippen molar-refractivity contribution in [2.24, 2.45) is 23.2 Å². The summed E-state index contributed by atoms with van der Waals surface area (Å²) in [4.78, 5) is 12.7. The second-order valence-corrected chi connectivity index (χ2v) is 9.43. The maximum Gasteiger partial charge on any atom is 0.331 e. The second kappa shape index (κ2) is 7.79. The lowest BCUT2D eigenvalue weighted by Crippen LogP contribution is -2.59. The molecule has 3 nitrogen and oxygen atoms in total. The first-order chi connectivity index (χ1) is 12.7. The Balaban J connectivity index is 1.83. The predicted molar refractivity (Wildman–Crippen MR) is 109 cm³/mol. The lowest BCUT2D eigenvalue weighted by atomic mass is 9.51. The smallest absolute Gasteiger partial charge is 0.331 e. The van der Waals surface area contributed by atoms with Crippen LogP contribution in [0, 0.1) is 23.2 Å². The summed E-state index contributed by atoms with van der Waals surface area (Å²) in [6.07, 6.45) is 8.18. The molecule has 0 aliphatic heterocycles. The molecule has 2 aliphatic carbocycles. The molecule has 2 saturated carbocycles. The van der Waals surface area contributed by atoms with E-state index < -0.39 is 5.60 Å². The molecule has 27 heavy (non-hydrogen) atoms. The fourth-order valence-electron chi connectivity index (χ4n) is 5.62. The zero-order valence-corrected chi connectivity index (χ0v) is 17.2. The van der Waals surface area contributed by atoms with Gasteiger partial charge < -0.3 is 9.84 Å². The average Bonchev–Trinajstić information content (AvgIpc) is 2.59. The van der Waals surface area contributed by atoms with Gasteiger partial charge in [-0.3, -0.25) is 0 Å². The Morgan fingerprint density at radius 1 is 1.19 bits per heavy atom. The van der Waals surface area contributed by atoms with Gasteiger partial charge in [-0.05, 0) is 61.5 Å². The van der Waals surface area contributed by atoms with Crippen LogP contribution in [-0.4, -0.2) is 22.8 Å². The number of hydrogen-bond donors (Lipinski definition) is 1. The number of benzene rings is 1. The van der Waals surface area contributed by atoms with Crippen LogP contribution >= 0.6 is 0 Å². The third-order valence-corrected chi connectivity index (χ3v) is 6.97. The number of fused-ring (bicyclic) bond motifs is 1. The highest BCUT2D eigenvalue weighted by Gasteiger charge is 2.57. The Morgan fingerprint density at radius 2 is 1.89 bits per heavy atom. The number of ether oxygens (including phenoxy) is 1. The molecule has 0 radical (unpaired) electrons. The van der Waals surface area contributed by atoms with Gasteiger partial charge in [-0.25, -0.2) is 4.79 Å². The van der Waals surface area contributed by atoms with Crippen molar-refractivity contribution < 1.29 is 14.6 Å². The minimum absolute atomic E-state index is 0.00558. The summed E-state index contributed by atoms with van der Waals surface area (Å²) < 4.78 is 6.07. The highest BCUT2D eigenvalue weighted by Crippen LogP contribution is 2.57. The van der Waals surface area contributed by atoms with E-state index >= 15 is 0 Å². The van der Waals surface area contributed by atoms with E-state index in [1.165, 1.54) is 6.08 Å². The minimum atomic E-state index is -0.783. The maximum atomic E-state index is 12.7. The maximum absolute atomic E-state index is 12.7. The molecule has 1 aromatic carbocycles. The molecular formula is C24H34O3. The SMILES string of the molecule is CC(C)[C@@H]1CC[C@@]2(C)CCC[C@@](C)(O)[C@@H]2[C@@H]1OC(=O)/C=C/c1ccccc1. The first-order valence-electron chi connectivity index (χ1n) is 10.4. The van der Waals surface area contributed by atoms with E-state index in [1.807, 2.05) is 37.3 Å². The molecule has 2 fully saturated rings. The highest BCUT2D eigenvalue weighted by molar-refractivity contribution is 5.87. The van der Waals surface area contributed by atoms with Gasteiger partial charge >= 0.3 is 5.97 Å². The van der Waals surface area contributed by atoms with Crippen molar-refractivity contribution in [2.75, 3.05) is 0 Å². The molecule has 0 heterocycles. The van der Waals surface area contributed by atoms with Crippen LogP contribution in [0.2, 0.25) is 0 Å². The number of hydrogen-bond acceptors (Lipinski definition) is 3. The van der Waals surface area contributed by atoms with Gasteiger partial charge in [-0.2, -0.15) is 0 Å². The molecule has 3 rings (SSSR count). The van der Waals surface area contributed by atoms with E-state index in [2.05, 4.69) is 20.8 Å². The topological polar surface area (TPSA) is 46.5 Å². The van der Waals surface area contributed by atoms with Gasteiger partial charge in [-0.1, -0.05) is 57.5 Å². The van der Waals surface area contributed by atoms with Crippen molar-refractivity contribution in [1.29, 1.82) is 0 Å². The van der Waals surface area contributed by atoms with Crippen LogP contribution in [0.4, 0.5) is 0 Å². The molecule has 0 unspecified atom stereocenters. The van der Waals surface area contributed by atoms with Crippen LogP contribution in [-0.2, 0) is 9.53 Å². The van der Waals surface area contributed by atoms with Gasteiger partial charge in [0.15, 0.2) is 0 Å². The zero-order valence-electron chi connectivity index (χ0n) is 17.2. The van der Waals surface area contributed by atoms with Crippen LogP contribution in [0.5, 0.6) is 0 Å². The molecule has 0 bridgehead atoms. The van der Waals surface area contributed by atoms with Gasteiger partial charge in [0.2, 0.25) is 0 Å². The number of carbonyl (C=O) groups excluding carboxylic acids is 1. The summed E-state index contributed by atoms with van der Waals surface area (Å²) in [5, 5.41) is 11.2. The van der Waals surface area contributed by atoms with Crippen molar-refractivity contribution in [3.63, 3.8) is 0 Å². The predicted octanol–water partition coefficient (Wildman–Crippen LogP) is 5.24. The van der Waals surface area contributed by atoms with Crippen molar-refractivity contribution in [3.05, 3.63) is 42.0 Å². The average molecular weight is 371 g/mol. The van der Waals surface area contributed by atoms with Crippen LogP contribution in [0.3, 0.4) is 0 Å². The zero-order chi connectivity index (χ0) is 19.7. The Kier molecular flexibility index (Phi) is 5.81. The van der Waals surface area contributed by atoms with E-state index in [0.29, 0.717) is 11.8 Å². The summed E-state index contributed by atoms with van der Waals surface area (Å²) in [6.45, 7) is 8.62. The molecule has 3 heteroatoms. The summed E-state index contributed by atoms with van der Waals surface area (Å²) >= 11 is 0. The third kappa shape index (κ3) is 4.29. The Hall–Kier alpha value is -1.61. The molecule has 5 atom stereocenters. The lowest BCUT2D eigenvalue weighted by Gasteiger charge is -2.57. The van der Waals surface area contributed by atoms with Crippen LogP contribution in [0.15, 0.2) is 36.4 Å². The van der Waals surface area contributed by atoms with E-state index in [4.69, 9.17) is 4.74 Å². The van der Waals surface area contributed by atoms with Crippen molar-refractivity contribution >= 4 is 12.0 Å². The molecule has 148 valence electrons. The van der Waals surface area contributed by atoms with Crippen molar-refractivity contribution in [1.82, 2.24) is 0 Å². The molecule has 0 saturated heterocycles. The largest absolute Gasteiger partial charge is 0.458 e. The van der Waals surface area contributed by atoms with Gasteiger partial charge in [-0.15, -0.1) is 0 Å². The number of esters is 1. The Labute approximate surface area is 163 Å². The molecule has 2 aliphatic rings. The quantitative estimate of drug-likeness (QED) is 0.583. The normalized spacial score (nSPS) is 36.6. The second-order valence-electron chi connectivity index (χ2n) is 9.43. The van der Waals surface area contributed by atoms with E-state index in [1.54, 1.807) is 6.08 Å². The summed E-state index contributed by atoms with van der Waals surface area (Å²) in [7, 11) is 0. The summed E-state index contributed by atoms with van der Waals surface area (Å²) in [5.41, 5.74) is 0.239. The fraction of sp³-hybridized carbons (Fsp3) is 0.625. The minimum Gasteiger partial charge on any atom is -0.458 e. The molecule has 1 N–H and O–H groups in total. The molecule has 1 aromatic rings. The Morgan fingerprint density at radius 3 is 2.56 bits per heavy atom. The van der Waals surface area contributed by atoms with Gasteiger partial charge in [0.25, 0.3) is 0 Å². The number of aliphatic hydroxyl groups is 1. The van der Waals surface area contributed by atoms with E-state index in [9.17, 15) is 9.90 Å². The van der Waals surface area contributed by atoms with Crippen LogP contribution in [0.25, 0.3) is 6.08 Å². The molecule has 0 amide bonds. The monoisotopic (exact) mass is 370 g/mol. The van der Waals surface area contributed by atoms with E-state index in [-0.39, 0.29) is 23.4 Å². The standard InChI is InChI=1S/C24H34O3/c1-17(2)19-13-16-23(3)14-8-15-24(4,26)22(23)21(19)27-20(25)12-11-18-9-6-5-7-10-18/h5-7,9-12,17,19,21-22,26H,8,13-16H2,1-4H3/b12-11+/t19-,21+,22+,23+,24+/m0/s1. The van der Waals surface area contributed by atoms with Crippen molar-refractivity contribution in [3.8, 4) is 0 Å². The first-order valence-corrected chi connectivity index (χ1v) is 10.4. The molecule has 0 aromatic heterocycles. The van der Waals surface area contributed by atoms with Crippen molar-refractivity contribution in [2.45, 2.75) is 71.5 Å².